The number of pyridine rings is 1. The summed E-state index contributed by atoms with van der Waals surface area (Å²) in [4.78, 5) is 9.08. The van der Waals surface area contributed by atoms with Crippen LogP contribution in [-0.2, 0) is 0 Å². The van der Waals surface area contributed by atoms with Crippen LogP contribution in [0.1, 0.15) is 27.8 Å². The Morgan fingerprint density at radius 1 is 1.33 bits per heavy atom. The number of hydrogen-bond donors (Lipinski definition) is 1. The average Bonchev–Trinajstić information content (AvgIpc) is 2.63. The summed E-state index contributed by atoms with van der Waals surface area (Å²) in [6.45, 7) is 3.86. The molecule has 2 aromatic heterocycles. The highest BCUT2D eigenvalue weighted by Crippen LogP contribution is 2.27. The molecule has 0 aliphatic carbocycles. The number of aliphatic hydroxyl groups excluding tert-OH is 1. The zero-order valence-electron chi connectivity index (χ0n) is 8.64. The number of hydrogen-bond acceptors (Lipinski definition) is 4. The SMILES string of the molecule is Cc1cncc(C(O)c2scnc2C)c1. The molecule has 78 valence electrons. The first kappa shape index (κ1) is 10.3. The van der Waals surface area contributed by atoms with Crippen LogP contribution in [0.5, 0.6) is 0 Å². The van der Waals surface area contributed by atoms with Crippen LogP contribution in [-0.4, -0.2) is 15.1 Å². The summed E-state index contributed by atoms with van der Waals surface area (Å²) in [7, 11) is 0. The third-order valence-corrected chi connectivity index (χ3v) is 3.23. The van der Waals surface area contributed by atoms with Crippen molar-refractivity contribution in [1.82, 2.24) is 9.97 Å². The van der Waals surface area contributed by atoms with Crippen LogP contribution in [0, 0.1) is 13.8 Å². The second-order valence-electron chi connectivity index (χ2n) is 3.50. The molecular formula is C11H12N2OS. The molecule has 1 atom stereocenters. The van der Waals surface area contributed by atoms with Crippen LogP contribution in [0.15, 0.2) is 24.0 Å². The molecule has 0 spiro atoms. The molecule has 1 unspecified atom stereocenters. The Hall–Kier alpha value is -1.26. The first-order chi connectivity index (χ1) is 7.18. The molecule has 0 amide bonds. The third-order valence-electron chi connectivity index (χ3n) is 2.24. The van der Waals surface area contributed by atoms with Gasteiger partial charge in [-0.25, -0.2) is 4.98 Å². The Labute approximate surface area is 92.5 Å². The van der Waals surface area contributed by atoms with E-state index in [4.69, 9.17) is 0 Å². The van der Waals surface area contributed by atoms with E-state index in [1.807, 2.05) is 19.9 Å². The van der Waals surface area contributed by atoms with E-state index in [2.05, 4.69) is 9.97 Å². The topological polar surface area (TPSA) is 46.0 Å². The monoisotopic (exact) mass is 220 g/mol. The van der Waals surface area contributed by atoms with E-state index in [-0.39, 0.29) is 0 Å². The number of aromatic nitrogens is 2. The van der Waals surface area contributed by atoms with Crippen LogP contribution >= 0.6 is 11.3 Å². The van der Waals surface area contributed by atoms with Gasteiger partial charge in [0.15, 0.2) is 0 Å². The standard InChI is InChI=1S/C11H12N2OS/c1-7-3-9(5-12-4-7)10(14)11-8(2)13-6-15-11/h3-6,10,14H,1-2H3. The molecule has 0 aliphatic heterocycles. The fourth-order valence-electron chi connectivity index (χ4n) is 1.45. The normalized spacial score (nSPS) is 12.7. The van der Waals surface area contributed by atoms with Gasteiger partial charge < -0.3 is 5.11 Å². The van der Waals surface area contributed by atoms with Gasteiger partial charge in [0.05, 0.1) is 16.1 Å². The van der Waals surface area contributed by atoms with Crippen molar-refractivity contribution in [3.8, 4) is 0 Å². The molecule has 4 heteroatoms. The Kier molecular flexibility index (Phi) is 2.79. The summed E-state index contributed by atoms with van der Waals surface area (Å²) in [5, 5.41) is 10.1. The van der Waals surface area contributed by atoms with E-state index < -0.39 is 6.10 Å². The van der Waals surface area contributed by atoms with Crippen molar-refractivity contribution in [3.05, 3.63) is 45.7 Å². The minimum absolute atomic E-state index is 0.607. The van der Waals surface area contributed by atoms with Gasteiger partial charge in [0, 0.05) is 18.0 Å². The van der Waals surface area contributed by atoms with Crippen LogP contribution < -0.4 is 0 Å². The van der Waals surface area contributed by atoms with Crippen molar-refractivity contribution >= 4 is 11.3 Å². The second kappa shape index (κ2) is 4.08. The van der Waals surface area contributed by atoms with Gasteiger partial charge in [-0.1, -0.05) is 6.07 Å². The van der Waals surface area contributed by atoms with E-state index in [0.717, 1.165) is 21.7 Å². The van der Waals surface area contributed by atoms with Crippen molar-refractivity contribution in [1.29, 1.82) is 0 Å². The summed E-state index contributed by atoms with van der Waals surface area (Å²) in [6.07, 6.45) is 2.86. The Bertz CT molecular complexity index is 467. The molecule has 0 aromatic carbocycles. The molecule has 2 rings (SSSR count). The highest BCUT2D eigenvalue weighted by molar-refractivity contribution is 7.09. The lowest BCUT2D eigenvalue weighted by atomic mass is 10.1. The fraction of sp³-hybridized carbons (Fsp3) is 0.273. The number of aryl methyl sites for hydroxylation is 2. The summed E-state index contributed by atoms with van der Waals surface area (Å²) in [6, 6.07) is 1.94. The number of thiazole rings is 1. The maximum Gasteiger partial charge on any atom is 0.117 e. The summed E-state index contributed by atoms with van der Waals surface area (Å²) in [5.41, 5.74) is 4.50. The molecule has 2 heterocycles. The Morgan fingerprint density at radius 2 is 2.13 bits per heavy atom. The van der Waals surface area contributed by atoms with E-state index in [9.17, 15) is 5.11 Å². The van der Waals surface area contributed by atoms with Gasteiger partial charge in [-0.05, 0) is 19.4 Å². The van der Waals surface area contributed by atoms with Crippen LogP contribution in [0.3, 0.4) is 0 Å². The van der Waals surface area contributed by atoms with Crippen molar-refractivity contribution in [2.24, 2.45) is 0 Å². The molecule has 0 saturated carbocycles. The number of aliphatic hydroxyl groups is 1. The molecule has 0 aliphatic rings. The first-order valence-corrected chi connectivity index (χ1v) is 5.56. The van der Waals surface area contributed by atoms with E-state index in [1.54, 1.807) is 17.9 Å². The zero-order valence-corrected chi connectivity index (χ0v) is 9.45. The molecular weight excluding hydrogens is 208 g/mol. The largest absolute Gasteiger partial charge is 0.383 e. The van der Waals surface area contributed by atoms with E-state index in [1.165, 1.54) is 11.3 Å². The van der Waals surface area contributed by atoms with Crippen LogP contribution in [0.4, 0.5) is 0 Å². The summed E-state index contributed by atoms with van der Waals surface area (Å²) in [5.74, 6) is 0. The van der Waals surface area contributed by atoms with Gasteiger partial charge in [-0.3, -0.25) is 4.98 Å². The van der Waals surface area contributed by atoms with Crippen molar-refractivity contribution in [3.63, 3.8) is 0 Å². The molecule has 0 saturated heterocycles. The number of nitrogens with zero attached hydrogens (tertiary/aromatic N) is 2. The van der Waals surface area contributed by atoms with Crippen molar-refractivity contribution < 1.29 is 5.11 Å². The van der Waals surface area contributed by atoms with Gasteiger partial charge in [0.1, 0.15) is 6.10 Å². The van der Waals surface area contributed by atoms with Gasteiger partial charge in [-0.2, -0.15) is 0 Å². The van der Waals surface area contributed by atoms with Gasteiger partial charge >= 0.3 is 0 Å². The molecule has 1 N–H and O–H groups in total. The summed E-state index contributed by atoms with van der Waals surface area (Å²) < 4.78 is 0. The van der Waals surface area contributed by atoms with Gasteiger partial charge in [-0.15, -0.1) is 11.3 Å². The second-order valence-corrected chi connectivity index (χ2v) is 4.39. The third kappa shape index (κ3) is 2.06. The molecule has 0 fully saturated rings. The minimum atomic E-state index is -0.607. The molecule has 0 radical (unpaired) electrons. The lowest BCUT2D eigenvalue weighted by Crippen LogP contribution is -2.00. The quantitative estimate of drug-likeness (QED) is 0.844. The smallest absolute Gasteiger partial charge is 0.117 e. The molecule has 2 aromatic rings. The first-order valence-electron chi connectivity index (χ1n) is 4.68. The summed E-state index contributed by atoms with van der Waals surface area (Å²) >= 11 is 1.47. The predicted molar refractivity (Wildman–Crippen MR) is 59.9 cm³/mol. The fourth-order valence-corrected chi connectivity index (χ4v) is 2.27. The van der Waals surface area contributed by atoms with Crippen molar-refractivity contribution in [2.75, 3.05) is 0 Å². The lowest BCUT2D eigenvalue weighted by molar-refractivity contribution is 0.222. The van der Waals surface area contributed by atoms with E-state index in [0.29, 0.717) is 0 Å². The Balaban J connectivity index is 2.36. The molecule has 15 heavy (non-hydrogen) atoms. The zero-order chi connectivity index (χ0) is 10.8. The molecule has 0 bridgehead atoms. The minimum Gasteiger partial charge on any atom is -0.383 e. The van der Waals surface area contributed by atoms with E-state index >= 15 is 0 Å². The highest BCUT2D eigenvalue weighted by Gasteiger charge is 2.15. The maximum atomic E-state index is 10.1. The van der Waals surface area contributed by atoms with Crippen molar-refractivity contribution in [2.45, 2.75) is 20.0 Å². The Morgan fingerprint density at radius 3 is 2.73 bits per heavy atom. The van der Waals surface area contributed by atoms with Crippen LogP contribution in [0.25, 0.3) is 0 Å². The number of rotatable bonds is 2. The average molecular weight is 220 g/mol. The highest BCUT2D eigenvalue weighted by atomic mass is 32.1. The van der Waals surface area contributed by atoms with Gasteiger partial charge in [0.25, 0.3) is 0 Å². The lowest BCUT2D eigenvalue weighted by Gasteiger charge is -2.09. The molecule has 3 nitrogen and oxygen atoms in total. The predicted octanol–water partition coefficient (Wildman–Crippen LogP) is 2.24. The van der Waals surface area contributed by atoms with Gasteiger partial charge in [0.2, 0.25) is 0 Å². The maximum absolute atomic E-state index is 10.1. The van der Waals surface area contributed by atoms with Crippen LogP contribution in [0.2, 0.25) is 0 Å².